The summed E-state index contributed by atoms with van der Waals surface area (Å²) in [7, 11) is -34.8. The van der Waals surface area contributed by atoms with Crippen LogP contribution < -0.4 is 0 Å². The molecule has 0 saturated heterocycles. The van der Waals surface area contributed by atoms with Gasteiger partial charge in [-0.1, -0.05) is 0 Å². The Morgan fingerprint density at radius 2 is 0.583 bits per heavy atom. The molecular weight excluding hydrogens is 514 g/mol. The molecule has 0 aromatic heterocycles. The molecule has 1 heterocycles. The van der Waals surface area contributed by atoms with Crippen LogP contribution in [0.4, 0.5) is 46.2 Å². The van der Waals surface area contributed by atoms with E-state index >= 15 is 0 Å². The van der Waals surface area contributed by atoms with Gasteiger partial charge >= 0.3 is 46.0 Å². The first-order valence-electron chi connectivity index (χ1n) is 4.43. The van der Waals surface area contributed by atoms with Gasteiger partial charge < -0.3 is 0 Å². The van der Waals surface area contributed by atoms with E-state index in [1.807, 2.05) is 0 Å². The van der Waals surface area contributed by atoms with Crippen molar-refractivity contribution in [1.29, 1.82) is 0 Å². The molecular formula is ClF11N6P6. The quantitative estimate of drug-likeness (QED) is 0.228. The van der Waals surface area contributed by atoms with Crippen LogP contribution in [0.2, 0.25) is 0 Å². The summed E-state index contributed by atoms with van der Waals surface area (Å²) in [5.41, 5.74) is 0. The van der Waals surface area contributed by atoms with Crippen LogP contribution in [-0.2, 0) is 0 Å². The van der Waals surface area contributed by atoms with E-state index in [0.717, 1.165) is 9.03 Å². The summed E-state index contributed by atoms with van der Waals surface area (Å²) in [6, 6.07) is 0. The fourth-order valence-electron chi connectivity index (χ4n) is 0.884. The van der Waals surface area contributed by atoms with Gasteiger partial charge in [-0.05, 0) is 11.2 Å². The Labute approximate surface area is 131 Å². The van der Waals surface area contributed by atoms with Crippen molar-refractivity contribution in [3.8, 4) is 0 Å². The van der Waals surface area contributed by atoms with Crippen LogP contribution in [0.15, 0.2) is 27.1 Å². The summed E-state index contributed by atoms with van der Waals surface area (Å²) in [5, 5.41) is 0. The first kappa shape index (κ1) is 22.9. The molecule has 0 amide bonds. The normalized spacial score (nSPS) is 33.5. The fourth-order valence-corrected chi connectivity index (χ4v) is 11.4. The molecule has 6 nitrogen and oxygen atoms in total. The second-order valence-corrected chi connectivity index (χ2v) is 14.3. The van der Waals surface area contributed by atoms with E-state index in [9.17, 15) is 46.2 Å². The van der Waals surface area contributed by atoms with E-state index in [1.165, 1.54) is 18.1 Å². The third-order valence-corrected chi connectivity index (χ3v) is 12.8. The molecule has 0 aromatic carbocycles. The van der Waals surface area contributed by atoms with E-state index in [0.29, 0.717) is 0 Å². The summed E-state index contributed by atoms with van der Waals surface area (Å²) in [6.07, 6.45) is 0. The number of nitrogens with zero attached hydrogens (tertiary/aromatic N) is 6. The van der Waals surface area contributed by atoms with Crippen LogP contribution in [0.3, 0.4) is 0 Å². The minimum atomic E-state index is -7.05. The van der Waals surface area contributed by atoms with Crippen LogP contribution in [0, 0.1) is 0 Å². The first-order valence-corrected chi connectivity index (χ1v) is 14.3. The second kappa shape index (κ2) is 6.81. The van der Waals surface area contributed by atoms with Gasteiger partial charge in [0.1, 0.15) is 0 Å². The van der Waals surface area contributed by atoms with Crippen LogP contribution in [-0.4, -0.2) is 0 Å². The van der Waals surface area contributed by atoms with Gasteiger partial charge in [-0.25, -0.2) is 0 Å². The van der Waals surface area contributed by atoms with E-state index in [2.05, 4.69) is 11.2 Å². The molecule has 1 atom stereocenters. The molecule has 144 valence electrons. The van der Waals surface area contributed by atoms with Gasteiger partial charge in [0.2, 0.25) is 0 Å². The number of hydrogen-bond donors (Lipinski definition) is 0. The highest BCUT2D eigenvalue weighted by molar-refractivity contribution is 7.92. The maximum atomic E-state index is 13.4. The van der Waals surface area contributed by atoms with Gasteiger partial charge in [-0.2, -0.15) is 4.20 Å². The zero-order valence-electron chi connectivity index (χ0n) is 9.90. The lowest BCUT2D eigenvalue weighted by atomic mass is 13.8. The van der Waals surface area contributed by atoms with Gasteiger partial charge in [0.05, 0.1) is 0 Å². The smallest absolute Gasteiger partial charge is 0.165 e. The predicted octanol–water partition coefficient (Wildman–Crippen LogP) is 11.6. The fraction of sp³-hybridized carbons (Fsp3) is 0. The minimum Gasteiger partial charge on any atom is -0.165 e. The van der Waals surface area contributed by atoms with Gasteiger partial charge in [-0.3, -0.25) is 0 Å². The Balaban J connectivity index is 4.07. The van der Waals surface area contributed by atoms with E-state index in [4.69, 9.17) is 0 Å². The van der Waals surface area contributed by atoms with E-state index < -0.39 is 46.0 Å². The standard InChI is InChI=1S/ClF11N6P6/c1-19(2)13-20(3,4)15-22(7,8)17-24(11,12)18-23(9,10)16-21(5,6)14-19. The highest BCUT2D eigenvalue weighted by Crippen LogP contribution is 2.83. The minimum absolute atomic E-state index is 1.14. The highest BCUT2D eigenvalue weighted by Gasteiger charge is 2.39. The Morgan fingerprint density at radius 1 is 0.375 bits per heavy atom. The average molecular weight is 514 g/mol. The van der Waals surface area contributed by atoms with Gasteiger partial charge in [-0.15, -0.1) is 69.1 Å². The lowest BCUT2D eigenvalue weighted by Crippen LogP contribution is -1.66. The van der Waals surface area contributed by atoms with E-state index in [1.54, 1.807) is 0 Å². The maximum absolute atomic E-state index is 13.4. The molecule has 0 fully saturated rings. The topological polar surface area (TPSA) is 74.2 Å². The number of halogens is 12. The summed E-state index contributed by atoms with van der Waals surface area (Å²) >= 11 is 4.50. The van der Waals surface area contributed by atoms with Crippen molar-refractivity contribution < 1.29 is 46.2 Å². The van der Waals surface area contributed by atoms with Crippen molar-refractivity contribution in [2.45, 2.75) is 0 Å². The Bertz CT molecular complexity index is 626. The lowest BCUT2D eigenvalue weighted by molar-refractivity contribution is 0.687. The average Bonchev–Trinajstić information content (AvgIpc) is 1.98. The summed E-state index contributed by atoms with van der Waals surface area (Å²) in [4.78, 5) is 0. The van der Waals surface area contributed by atoms with Gasteiger partial charge in [0, 0.05) is 0 Å². The van der Waals surface area contributed by atoms with Crippen molar-refractivity contribution >= 4 is 57.2 Å². The second-order valence-electron chi connectivity index (χ2n) is 3.27. The Kier molecular flexibility index (Phi) is 6.51. The molecule has 0 bridgehead atoms. The van der Waals surface area contributed by atoms with Crippen molar-refractivity contribution in [3.63, 3.8) is 0 Å². The zero-order valence-corrected chi connectivity index (χ0v) is 16.0. The Hall–Kier alpha value is 0.900. The van der Waals surface area contributed by atoms with Gasteiger partial charge in [0.15, 0.2) is 0 Å². The summed E-state index contributed by atoms with van der Waals surface area (Å²) in [5.74, 6) is 0. The molecule has 0 aromatic rings. The van der Waals surface area contributed by atoms with Crippen molar-refractivity contribution in [2.75, 3.05) is 0 Å². The van der Waals surface area contributed by atoms with Crippen LogP contribution in [0.25, 0.3) is 0 Å². The van der Waals surface area contributed by atoms with Crippen LogP contribution in [0.1, 0.15) is 0 Å². The van der Waals surface area contributed by atoms with E-state index in [-0.39, 0.29) is 0 Å². The third kappa shape index (κ3) is 8.07. The lowest BCUT2D eigenvalue weighted by Gasteiger charge is -2.09. The Morgan fingerprint density at radius 3 is 0.875 bits per heavy atom. The van der Waals surface area contributed by atoms with Crippen molar-refractivity contribution in [3.05, 3.63) is 0 Å². The number of hydrogen-bond acceptors (Lipinski definition) is 6. The summed E-state index contributed by atoms with van der Waals surface area (Å²) in [6.45, 7) is -6.14. The third-order valence-electron chi connectivity index (χ3n) is 1.29. The molecule has 24 heavy (non-hydrogen) atoms. The largest absolute Gasteiger partial charge is 0.425 e. The molecule has 0 radical (unpaired) electrons. The summed E-state index contributed by atoms with van der Waals surface area (Å²) < 4.78 is 151. The van der Waals surface area contributed by atoms with Crippen LogP contribution >= 0.6 is 57.2 Å². The molecule has 0 aliphatic carbocycles. The van der Waals surface area contributed by atoms with Gasteiger partial charge in [0.25, 0.3) is 0 Å². The molecule has 1 aliphatic heterocycles. The molecule has 1 aliphatic rings. The highest BCUT2D eigenvalue weighted by atomic mass is 35.7. The SMILES string of the molecule is FP1(F)=NP(F)(F)=NP(F)(F)=NP(F)(Cl)=NP(F)(F)=NP(F)(F)=N1. The first-order chi connectivity index (χ1) is 10.2. The monoisotopic (exact) mass is 514 g/mol. The maximum Gasteiger partial charge on any atom is 0.425 e. The van der Waals surface area contributed by atoms with Crippen molar-refractivity contribution in [2.24, 2.45) is 27.1 Å². The molecule has 0 N–H and O–H groups in total. The predicted molar refractivity (Wildman–Crippen MR) is 74.1 cm³/mol. The molecule has 1 unspecified atom stereocenters. The molecule has 1 rings (SSSR count). The molecule has 0 spiro atoms. The number of rotatable bonds is 0. The zero-order chi connectivity index (χ0) is 19.2. The van der Waals surface area contributed by atoms with Crippen molar-refractivity contribution in [1.82, 2.24) is 0 Å². The molecule has 24 heteroatoms. The molecule has 0 saturated carbocycles. The van der Waals surface area contributed by atoms with Crippen LogP contribution in [0.5, 0.6) is 0 Å².